The van der Waals surface area contributed by atoms with Gasteiger partial charge in [0.2, 0.25) is 0 Å². The SMILES string of the molecule is O=C(COc1ccc(Br)cc1F)Nc1ccccc1C(=O)Nc1ccccc1. The van der Waals surface area contributed by atoms with Crippen molar-refractivity contribution in [2.24, 2.45) is 0 Å². The molecule has 0 atom stereocenters. The number of carbonyl (C=O) groups excluding carboxylic acids is 2. The van der Waals surface area contributed by atoms with E-state index < -0.39 is 18.3 Å². The van der Waals surface area contributed by atoms with Crippen LogP contribution in [0.15, 0.2) is 77.3 Å². The molecule has 7 heteroatoms. The Bertz CT molecular complexity index is 996. The minimum absolute atomic E-state index is 0.0338. The molecule has 3 aromatic carbocycles. The van der Waals surface area contributed by atoms with E-state index in [9.17, 15) is 14.0 Å². The molecule has 0 heterocycles. The van der Waals surface area contributed by atoms with E-state index in [4.69, 9.17) is 4.74 Å². The highest BCUT2D eigenvalue weighted by Crippen LogP contribution is 2.22. The third-order valence-electron chi connectivity index (χ3n) is 3.73. The molecule has 3 rings (SSSR count). The number of amides is 2. The molecule has 3 aromatic rings. The molecule has 0 aromatic heterocycles. The maximum absolute atomic E-state index is 13.8. The van der Waals surface area contributed by atoms with Gasteiger partial charge in [0, 0.05) is 10.2 Å². The third-order valence-corrected chi connectivity index (χ3v) is 4.22. The normalized spacial score (nSPS) is 10.2. The van der Waals surface area contributed by atoms with Crippen LogP contribution >= 0.6 is 15.9 Å². The molecule has 0 aliphatic rings. The van der Waals surface area contributed by atoms with Crippen molar-refractivity contribution in [2.75, 3.05) is 17.2 Å². The number of hydrogen-bond donors (Lipinski definition) is 2. The molecule has 0 radical (unpaired) electrons. The van der Waals surface area contributed by atoms with E-state index in [1.165, 1.54) is 12.1 Å². The van der Waals surface area contributed by atoms with Gasteiger partial charge in [-0.2, -0.15) is 0 Å². The molecule has 0 saturated carbocycles. The fourth-order valence-corrected chi connectivity index (χ4v) is 2.77. The molecule has 0 spiro atoms. The van der Waals surface area contributed by atoms with Gasteiger partial charge in [-0.25, -0.2) is 4.39 Å². The Morgan fingerprint density at radius 1 is 0.929 bits per heavy atom. The summed E-state index contributed by atoms with van der Waals surface area (Å²) >= 11 is 3.15. The summed E-state index contributed by atoms with van der Waals surface area (Å²) in [5.74, 6) is -1.48. The van der Waals surface area contributed by atoms with Crippen LogP contribution in [0.2, 0.25) is 0 Å². The van der Waals surface area contributed by atoms with Gasteiger partial charge in [0.1, 0.15) is 0 Å². The van der Waals surface area contributed by atoms with Crippen LogP contribution in [0, 0.1) is 5.82 Å². The van der Waals surface area contributed by atoms with Crippen LogP contribution in [0.4, 0.5) is 15.8 Å². The molecule has 0 unspecified atom stereocenters. The Labute approximate surface area is 169 Å². The molecule has 0 saturated heterocycles. The third kappa shape index (κ3) is 5.17. The van der Waals surface area contributed by atoms with Crippen LogP contribution in [0.1, 0.15) is 10.4 Å². The predicted octanol–water partition coefficient (Wildman–Crippen LogP) is 4.86. The number of anilines is 2. The average Bonchev–Trinajstić information content (AvgIpc) is 2.68. The van der Waals surface area contributed by atoms with E-state index in [0.29, 0.717) is 21.4 Å². The molecule has 28 heavy (non-hydrogen) atoms. The first-order chi connectivity index (χ1) is 13.5. The smallest absolute Gasteiger partial charge is 0.262 e. The summed E-state index contributed by atoms with van der Waals surface area (Å²) in [5, 5.41) is 5.39. The second kappa shape index (κ2) is 9.14. The maximum atomic E-state index is 13.8. The molecule has 2 N–H and O–H groups in total. The van der Waals surface area contributed by atoms with Crippen molar-refractivity contribution >= 4 is 39.1 Å². The van der Waals surface area contributed by atoms with Crippen molar-refractivity contribution in [1.82, 2.24) is 0 Å². The van der Waals surface area contributed by atoms with Crippen LogP contribution in [0.3, 0.4) is 0 Å². The maximum Gasteiger partial charge on any atom is 0.262 e. The monoisotopic (exact) mass is 442 g/mol. The summed E-state index contributed by atoms with van der Waals surface area (Å²) in [5.41, 5.74) is 1.28. The van der Waals surface area contributed by atoms with Gasteiger partial charge in [0.15, 0.2) is 18.2 Å². The number of hydrogen-bond acceptors (Lipinski definition) is 3. The van der Waals surface area contributed by atoms with Crippen molar-refractivity contribution in [2.45, 2.75) is 0 Å². The van der Waals surface area contributed by atoms with E-state index in [1.807, 2.05) is 18.2 Å². The van der Waals surface area contributed by atoms with Crippen molar-refractivity contribution in [3.8, 4) is 5.75 Å². The Morgan fingerprint density at radius 3 is 2.39 bits per heavy atom. The van der Waals surface area contributed by atoms with E-state index in [-0.39, 0.29) is 11.7 Å². The van der Waals surface area contributed by atoms with Gasteiger partial charge in [-0.05, 0) is 42.5 Å². The zero-order valence-electron chi connectivity index (χ0n) is 14.6. The first-order valence-corrected chi connectivity index (χ1v) is 9.15. The summed E-state index contributed by atoms with van der Waals surface area (Å²) in [6, 6.07) is 19.9. The van der Waals surface area contributed by atoms with Crippen LogP contribution in [0.5, 0.6) is 5.75 Å². The number of ether oxygens (including phenoxy) is 1. The van der Waals surface area contributed by atoms with Gasteiger partial charge in [0.25, 0.3) is 11.8 Å². The highest BCUT2D eigenvalue weighted by molar-refractivity contribution is 9.10. The Kier molecular flexibility index (Phi) is 6.39. The highest BCUT2D eigenvalue weighted by atomic mass is 79.9. The molecule has 2 amide bonds. The largest absolute Gasteiger partial charge is 0.481 e. The number of carbonyl (C=O) groups is 2. The second-order valence-electron chi connectivity index (χ2n) is 5.78. The summed E-state index contributed by atoms with van der Waals surface area (Å²) in [4.78, 5) is 24.7. The lowest BCUT2D eigenvalue weighted by atomic mass is 10.1. The Morgan fingerprint density at radius 2 is 1.64 bits per heavy atom. The average molecular weight is 443 g/mol. The van der Waals surface area contributed by atoms with Gasteiger partial charge >= 0.3 is 0 Å². The minimum Gasteiger partial charge on any atom is -0.481 e. The second-order valence-corrected chi connectivity index (χ2v) is 6.69. The summed E-state index contributed by atoms with van der Waals surface area (Å²) in [6.45, 7) is -0.396. The topological polar surface area (TPSA) is 67.4 Å². The van der Waals surface area contributed by atoms with E-state index in [1.54, 1.807) is 42.5 Å². The zero-order valence-corrected chi connectivity index (χ0v) is 16.2. The predicted molar refractivity (Wildman–Crippen MR) is 109 cm³/mol. The molecule has 0 aliphatic carbocycles. The first-order valence-electron chi connectivity index (χ1n) is 8.36. The van der Waals surface area contributed by atoms with Crippen molar-refractivity contribution in [3.05, 3.63) is 88.6 Å². The lowest BCUT2D eigenvalue weighted by molar-refractivity contribution is -0.118. The van der Waals surface area contributed by atoms with Gasteiger partial charge < -0.3 is 15.4 Å². The van der Waals surface area contributed by atoms with Gasteiger partial charge in [-0.3, -0.25) is 9.59 Å². The van der Waals surface area contributed by atoms with Crippen LogP contribution < -0.4 is 15.4 Å². The van der Waals surface area contributed by atoms with Crippen molar-refractivity contribution in [3.63, 3.8) is 0 Å². The van der Waals surface area contributed by atoms with Crippen molar-refractivity contribution < 1.29 is 18.7 Å². The molecule has 0 fully saturated rings. The molecule has 0 aliphatic heterocycles. The van der Waals surface area contributed by atoms with Crippen molar-refractivity contribution in [1.29, 1.82) is 0 Å². The van der Waals surface area contributed by atoms with E-state index >= 15 is 0 Å². The summed E-state index contributed by atoms with van der Waals surface area (Å²) in [6.07, 6.45) is 0. The Hall–Kier alpha value is -3.19. The fraction of sp³-hybridized carbons (Fsp3) is 0.0476. The quantitative estimate of drug-likeness (QED) is 0.572. The zero-order chi connectivity index (χ0) is 19.9. The van der Waals surface area contributed by atoms with Crippen LogP contribution in [0.25, 0.3) is 0 Å². The summed E-state index contributed by atoms with van der Waals surface area (Å²) < 4.78 is 19.5. The van der Waals surface area contributed by atoms with E-state index in [2.05, 4.69) is 26.6 Å². The molecular weight excluding hydrogens is 427 g/mol. The minimum atomic E-state index is -0.579. The highest BCUT2D eigenvalue weighted by Gasteiger charge is 2.14. The fourth-order valence-electron chi connectivity index (χ4n) is 2.43. The first kappa shape index (κ1) is 19.6. The molecule has 5 nitrogen and oxygen atoms in total. The van der Waals surface area contributed by atoms with Crippen LogP contribution in [-0.4, -0.2) is 18.4 Å². The van der Waals surface area contributed by atoms with E-state index in [0.717, 1.165) is 0 Å². The molecule has 0 bridgehead atoms. The van der Waals surface area contributed by atoms with Gasteiger partial charge in [0.05, 0.1) is 11.3 Å². The van der Waals surface area contributed by atoms with Gasteiger partial charge in [-0.15, -0.1) is 0 Å². The number of benzene rings is 3. The lowest BCUT2D eigenvalue weighted by Crippen LogP contribution is -2.23. The molecular formula is C21H16BrFN2O3. The summed E-state index contributed by atoms with van der Waals surface area (Å²) in [7, 11) is 0. The number of rotatable bonds is 6. The lowest BCUT2D eigenvalue weighted by Gasteiger charge is -2.12. The Balaban J connectivity index is 1.65. The number of halogens is 2. The standard InChI is InChI=1S/C21H16BrFN2O3/c22-14-10-11-19(17(23)12-14)28-13-20(26)25-18-9-5-4-8-16(18)21(27)24-15-6-2-1-3-7-15/h1-12H,13H2,(H,24,27)(H,25,26). The molecule has 142 valence electrons. The van der Waals surface area contributed by atoms with Crippen LogP contribution in [-0.2, 0) is 4.79 Å². The number of para-hydroxylation sites is 2. The van der Waals surface area contributed by atoms with Gasteiger partial charge in [-0.1, -0.05) is 46.3 Å². The number of nitrogens with one attached hydrogen (secondary N) is 2.